The lowest BCUT2D eigenvalue weighted by atomic mass is 9.97. The van der Waals surface area contributed by atoms with E-state index in [9.17, 15) is 14.7 Å². The number of carboxylic acids is 1. The van der Waals surface area contributed by atoms with Crippen molar-refractivity contribution in [3.63, 3.8) is 0 Å². The molecular weight excluding hydrogens is 366 g/mol. The Morgan fingerprint density at radius 3 is 2.21 bits per heavy atom. The Hall–Kier alpha value is -3.08. The van der Waals surface area contributed by atoms with Gasteiger partial charge in [0.05, 0.1) is 5.92 Å². The van der Waals surface area contributed by atoms with Crippen LogP contribution in [0.4, 0.5) is 4.79 Å². The zero-order chi connectivity index (χ0) is 20.8. The number of carbonyl (C=O) groups excluding carboxylic acids is 1. The molecule has 1 amide bonds. The van der Waals surface area contributed by atoms with Gasteiger partial charge in [-0.15, -0.1) is 0 Å². The molecule has 0 bridgehead atoms. The van der Waals surface area contributed by atoms with Gasteiger partial charge in [-0.25, -0.2) is 4.79 Å². The lowest BCUT2D eigenvalue weighted by Crippen LogP contribution is -2.26. The lowest BCUT2D eigenvalue weighted by Gasteiger charge is -2.14. The van der Waals surface area contributed by atoms with Crippen LogP contribution in [0.1, 0.15) is 37.3 Å². The quantitative estimate of drug-likeness (QED) is 0.630. The smallest absolute Gasteiger partial charge is 0.407 e. The first kappa shape index (κ1) is 20.6. The molecule has 1 atom stereocenters. The van der Waals surface area contributed by atoms with Crippen molar-refractivity contribution in [3.8, 4) is 11.1 Å². The molecule has 2 N–H and O–H groups in total. The first-order valence-electron chi connectivity index (χ1n) is 9.95. The summed E-state index contributed by atoms with van der Waals surface area (Å²) in [6.07, 6.45) is 3.36. The van der Waals surface area contributed by atoms with E-state index in [1.54, 1.807) is 12.2 Å². The molecule has 1 aliphatic carbocycles. The second kappa shape index (κ2) is 9.41. The van der Waals surface area contributed by atoms with Crippen molar-refractivity contribution in [2.75, 3.05) is 13.2 Å². The maximum Gasteiger partial charge on any atom is 0.407 e. The molecule has 1 aliphatic rings. The second-order valence-electron chi connectivity index (χ2n) is 7.71. The minimum Gasteiger partial charge on any atom is -0.481 e. The number of fused-ring (bicyclic) bond motifs is 3. The van der Waals surface area contributed by atoms with Gasteiger partial charge in [0.1, 0.15) is 6.61 Å². The number of hydrogen-bond acceptors (Lipinski definition) is 3. The molecule has 5 heteroatoms. The summed E-state index contributed by atoms with van der Waals surface area (Å²) in [7, 11) is 0. The van der Waals surface area contributed by atoms with Crippen LogP contribution in [0, 0.1) is 11.8 Å². The van der Waals surface area contributed by atoms with E-state index in [-0.39, 0.29) is 25.0 Å². The topological polar surface area (TPSA) is 75.6 Å². The number of nitrogens with one attached hydrogen (secondary N) is 1. The summed E-state index contributed by atoms with van der Waals surface area (Å²) in [6, 6.07) is 16.4. The SMILES string of the molecule is CC(C)C[C@H](/C=C/CNC(=O)OCC1c2ccccc2-c2ccccc21)C(=O)O. The van der Waals surface area contributed by atoms with Crippen molar-refractivity contribution in [1.82, 2.24) is 5.32 Å². The number of aliphatic carboxylic acids is 1. The summed E-state index contributed by atoms with van der Waals surface area (Å²) in [5.41, 5.74) is 4.70. The number of carboxylic acid groups (broad SMARTS) is 1. The molecule has 0 heterocycles. The Morgan fingerprint density at radius 1 is 1.07 bits per heavy atom. The number of hydrogen-bond donors (Lipinski definition) is 2. The Kier molecular flexibility index (Phi) is 6.70. The van der Waals surface area contributed by atoms with E-state index >= 15 is 0 Å². The molecule has 0 saturated heterocycles. The van der Waals surface area contributed by atoms with Crippen LogP contribution in [0.25, 0.3) is 11.1 Å². The van der Waals surface area contributed by atoms with E-state index in [4.69, 9.17) is 4.74 Å². The number of alkyl carbamates (subject to hydrolysis) is 1. The average molecular weight is 393 g/mol. The predicted octanol–water partition coefficient (Wildman–Crippen LogP) is 4.83. The standard InChI is InChI=1S/C24H27NO4/c1-16(2)14-17(23(26)27)8-7-13-25-24(28)29-15-22-20-11-5-3-9-18(20)19-10-4-6-12-21(19)22/h3-12,16-17,22H,13-15H2,1-2H3,(H,25,28)(H,26,27)/b8-7+/t17-/m0/s1. The Morgan fingerprint density at radius 2 is 1.66 bits per heavy atom. The minimum absolute atomic E-state index is 0.0196. The molecule has 29 heavy (non-hydrogen) atoms. The van der Waals surface area contributed by atoms with Gasteiger partial charge in [0.15, 0.2) is 0 Å². The molecule has 5 nitrogen and oxygen atoms in total. The van der Waals surface area contributed by atoms with Crippen molar-refractivity contribution in [1.29, 1.82) is 0 Å². The number of carbonyl (C=O) groups is 2. The number of benzene rings is 2. The van der Waals surface area contributed by atoms with Crippen LogP contribution in [0.2, 0.25) is 0 Å². The van der Waals surface area contributed by atoms with Gasteiger partial charge in [-0.05, 0) is 34.6 Å². The molecule has 0 radical (unpaired) electrons. The third kappa shape index (κ3) is 5.05. The molecular formula is C24H27NO4. The first-order valence-corrected chi connectivity index (χ1v) is 9.95. The van der Waals surface area contributed by atoms with Gasteiger partial charge in [-0.2, -0.15) is 0 Å². The Bertz CT molecular complexity index is 858. The van der Waals surface area contributed by atoms with E-state index in [2.05, 4.69) is 29.6 Å². The third-order valence-electron chi connectivity index (χ3n) is 5.12. The fraction of sp³-hybridized carbons (Fsp3) is 0.333. The number of ether oxygens (including phenoxy) is 1. The summed E-state index contributed by atoms with van der Waals surface area (Å²) in [6.45, 7) is 4.46. The van der Waals surface area contributed by atoms with Crippen molar-refractivity contribution >= 4 is 12.1 Å². The largest absolute Gasteiger partial charge is 0.481 e. The van der Waals surface area contributed by atoms with Crippen LogP contribution >= 0.6 is 0 Å². The lowest BCUT2D eigenvalue weighted by molar-refractivity contribution is -0.140. The van der Waals surface area contributed by atoms with Gasteiger partial charge in [-0.1, -0.05) is 74.5 Å². The van der Waals surface area contributed by atoms with Gasteiger partial charge < -0.3 is 15.2 Å². The molecule has 0 aromatic heterocycles. The van der Waals surface area contributed by atoms with E-state index < -0.39 is 18.0 Å². The van der Waals surface area contributed by atoms with E-state index in [0.717, 1.165) is 0 Å². The summed E-state index contributed by atoms with van der Waals surface area (Å²) >= 11 is 0. The maximum atomic E-state index is 12.1. The molecule has 3 rings (SSSR count). The zero-order valence-corrected chi connectivity index (χ0v) is 16.8. The van der Waals surface area contributed by atoms with Crippen LogP contribution in [-0.4, -0.2) is 30.3 Å². The molecule has 0 fully saturated rings. The fourth-order valence-corrected chi connectivity index (χ4v) is 3.79. The monoisotopic (exact) mass is 393 g/mol. The highest BCUT2D eigenvalue weighted by molar-refractivity contribution is 5.79. The fourth-order valence-electron chi connectivity index (χ4n) is 3.79. The van der Waals surface area contributed by atoms with Crippen LogP contribution in [-0.2, 0) is 9.53 Å². The van der Waals surface area contributed by atoms with Gasteiger partial charge >= 0.3 is 12.1 Å². The molecule has 2 aromatic rings. The zero-order valence-electron chi connectivity index (χ0n) is 16.8. The highest BCUT2D eigenvalue weighted by atomic mass is 16.5. The third-order valence-corrected chi connectivity index (χ3v) is 5.12. The van der Waals surface area contributed by atoms with E-state index in [1.165, 1.54) is 22.3 Å². The summed E-state index contributed by atoms with van der Waals surface area (Å²) < 4.78 is 5.46. The average Bonchev–Trinajstić information content (AvgIpc) is 3.02. The molecule has 0 unspecified atom stereocenters. The maximum absolute atomic E-state index is 12.1. The van der Waals surface area contributed by atoms with Gasteiger partial charge in [0.25, 0.3) is 0 Å². The van der Waals surface area contributed by atoms with E-state index in [0.29, 0.717) is 6.42 Å². The van der Waals surface area contributed by atoms with Crippen LogP contribution in [0.3, 0.4) is 0 Å². The van der Waals surface area contributed by atoms with Crippen molar-refractivity contribution in [2.24, 2.45) is 11.8 Å². The molecule has 152 valence electrons. The summed E-state index contributed by atoms with van der Waals surface area (Å²) in [5.74, 6) is -1.09. The van der Waals surface area contributed by atoms with Crippen LogP contribution in [0.5, 0.6) is 0 Å². The summed E-state index contributed by atoms with van der Waals surface area (Å²) in [4.78, 5) is 23.3. The van der Waals surface area contributed by atoms with E-state index in [1.807, 2.05) is 38.1 Å². The molecule has 0 aliphatic heterocycles. The first-order chi connectivity index (χ1) is 14.0. The molecule has 2 aromatic carbocycles. The van der Waals surface area contributed by atoms with Crippen molar-refractivity contribution in [2.45, 2.75) is 26.2 Å². The number of amides is 1. The highest BCUT2D eigenvalue weighted by Gasteiger charge is 2.28. The van der Waals surface area contributed by atoms with Crippen molar-refractivity contribution in [3.05, 3.63) is 71.8 Å². The van der Waals surface area contributed by atoms with Crippen LogP contribution < -0.4 is 5.32 Å². The van der Waals surface area contributed by atoms with Crippen LogP contribution in [0.15, 0.2) is 60.7 Å². The molecule has 0 spiro atoms. The molecule has 0 saturated carbocycles. The Labute approximate surface area is 171 Å². The van der Waals surface area contributed by atoms with Gasteiger partial charge in [0.2, 0.25) is 0 Å². The Balaban J connectivity index is 1.54. The normalized spacial score (nSPS) is 13.9. The highest BCUT2D eigenvalue weighted by Crippen LogP contribution is 2.44. The number of rotatable bonds is 8. The predicted molar refractivity (Wildman–Crippen MR) is 113 cm³/mol. The summed E-state index contributed by atoms with van der Waals surface area (Å²) in [5, 5.41) is 11.9. The van der Waals surface area contributed by atoms with Gasteiger partial charge in [0, 0.05) is 12.5 Å². The second-order valence-corrected chi connectivity index (χ2v) is 7.71. The van der Waals surface area contributed by atoms with Gasteiger partial charge in [-0.3, -0.25) is 4.79 Å². The van der Waals surface area contributed by atoms with Crippen molar-refractivity contribution < 1.29 is 19.4 Å². The minimum atomic E-state index is -0.851.